The molecule has 1 aliphatic carbocycles. The first-order valence-electron chi connectivity index (χ1n) is 19.1. The highest BCUT2D eigenvalue weighted by Gasteiger charge is 2.47. The van der Waals surface area contributed by atoms with Crippen molar-refractivity contribution < 1.29 is 39.4 Å². The summed E-state index contributed by atoms with van der Waals surface area (Å²) in [5.74, 6) is 4.04. The van der Waals surface area contributed by atoms with E-state index in [1.54, 1.807) is 28.1 Å². The molecule has 1 heterocycles. The lowest BCUT2D eigenvalue weighted by Crippen LogP contribution is -2.56. The molecular formula is C41H79NO8. The number of rotatable bonds is 5. The zero-order chi connectivity index (χ0) is 39.6. The lowest BCUT2D eigenvalue weighted by molar-refractivity contribution is -0.189. The molecule has 4 N–H and O–H groups in total. The van der Waals surface area contributed by atoms with Crippen LogP contribution >= 0.6 is 0 Å². The molecular weight excluding hydrogens is 634 g/mol. The van der Waals surface area contributed by atoms with Crippen LogP contribution in [0.1, 0.15) is 142 Å². The molecule has 1 saturated carbocycles. The summed E-state index contributed by atoms with van der Waals surface area (Å²) < 4.78 is 16.9. The fraction of sp³-hybridized carbons (Fsp3) is 0.902. The van der Waals surface area contributed by atoms with Crippen molar-refractivity contribution >= 4 is 11.7 Å². The van der Waals surface area contributed by atoms with E-state index in [2.05, 4.69) is 39.5 Å². The molecule has 296 valence electrons. The van der Waals surface area contributed by atoms with Crippen molar-refractivity contribution in [3.63, 3.8) is 0 Å². The van der Waals surface area contributed by atoms with Crippen LogP contribution in [0.25, 0.3) is 0 Å². The van der Waals surface area contributed by atoms with Gasteiger partial charge >= 0.3 is 5.97 Å². The molecule has 0 bridgehead atoms. The maximum absolute atomic E-state index is 12.9. The van der Waals surface area contributed by atoms with Gasteiger partial charge in [0.05, 0.1) is 35.4 Å². The van der Waals surface area contributed by atoms with Crippen LogP contribution in [-0.4, -0.2) is 94.1 Å². The highest BCUT2D eigenvalue weighted by Crippen LogP contribution is 2.36. The quantitative estimate of drug-likeness (QED) is 0.173. The molecule has 0 radical (unpaired) electrons. The third kappa shape index (κ3) is 15.2. The number of carbonyl (C=O) groups is 1. The summed E-state index contributed by atoms with van der Waals surface area (Å²) in [7, 11) is 3.34. The van der Waals surface area contributed by atoms with Gasteiger partial charge in [-0.1, -0.05) is 68.7 Å². The van der Waals surface area contributed by atoms with Crippen LogP contribution in [0.15, 0.2) is 4.99 Å². The van der Waals surface area contributed by atoms with E-state index >= 15 is 0 Å². The summed E-state index contributed by atoms with van der Waals surface area (Å²) in [4.78, 5) is 17.8. The summed E-state index contributed by atoms with van der Waals surface area (Å²) >= 11 is 0. The van der Waals surface area contributed by atoms with Crippen LogP contribution in [0, 0.1) is 47.3 Å². The molecule has 12 atom stereocenters. The van der Waals surface area contributed by atoms with Gasteiger partial charge in [-0.2, -0.15) is 0 Å². The van der Waals surface area contributed by atoms with Gasteiger partial charge in [0.15, 0.2) is 0 Å². The summed E-state index contributed by atoms with van der Waals surface area (Å²) in [6.07, 6.45) is 1.46. The van der Waals surface area contributed by atoms with Gasteiger partial charge in [0.1, 0.15) is 11.7 Å². The minimum Gasteiger partial charge on any atom is -0.459 e. The number of esters is 1. The molecule has 1 aliphatic heterocycles. The van der Waals surface area contributed by atoms with Crippen LogP contribution < -0.4 is 0 Å². The van der Waals surface area contributed by atoms with Crippen molar-refractivity contribution in [1.82, 2.24) is 0 Å². The Morgan fingerprint density at radius 1 is 0.900 bits per heavy atom. The molecule has 0 aromatic rings. The van der Waals surface area contributed by atoms with Gasteiger partial charge in [0.2, 0.25) is 0 Å². The normalized spacial score (nSPS) is 39.1. The first-order chi connectivity index (χ1) is 23.1. The Labute approximate surface area is 307 Å². The molecule has 50 heavy (non-hydrogen) atoms. The number of cyclic esters (lactones) is 1. The van der Waals surface area contributed by atoms with E-state index in [-0.39, 0.29) is 23.5 Å². The van der Waals surface area contributed by atoms with Gasteiger partial charge in [-0.3, -0.25) is 9.79 Å². The van der Waals surface area contributed by atoms with E-state index in [1.165, 1.54) is 13.3 Å². The Hall–Kier alpha value is -1.54. The molecule has 2 rings (SSSR count). The smallest absolute Gasteiger partial charge is 0.311 e. The number of ether oxygens (including phenoxy) is 3. The number of aliphatic hydroxyl groups excluding tert-OH is 3. The summed E-state index contributed by atoms with van der Waals surface area (Å²) in [6, 6.07) is 0. The average Bonchev–Trinajstić information content (AvgIpc) is 3.08. The van der Waals surface area contributed by atoms with Crippen LogP contribution in [0.5, 0.6) is 0 Å². The van der Waals surface area contributed by atoms with E-state index < -0.39 is 47.3 Å². The molecule has 0 aromatic carbocycles. The number of aliphatic hydroxyl groups is 4. The second-order valence-corrected chi connectivity index (χ2v) is 15.5. The monoisotopic (exact) mass is 714 g/mol. The highest BCUT2D eigenvalue weighted by molar-refractivity contribution is 5.89. The molecule has 4 unspecified atom stereocenters. The summed E-state index contributed by atoms with van der Waals surface area (Å²) in [6.45, 7) is 29.3. The molecule has 9 heteroatoms. The molecule has 2 aliphatic rings. The number of hydrogen-bond donors (Lipinski definition) is 4. The Morgan fingerprint density at radius 2 is 1.44 bits per heavy atom. The maximum atomic E-state index is 12.9. The van der Waals surface area contributed by atoms with Crippen LogP contribution in [-0.2, 0) is 19.0 Å². The van der Waals surface area contributed by atoms with Gasteiger partial charge in [0.25, 0.3) is 0 Å². The Bertz CT molecular complexity index is 1030. The molecule has 0 aromatic heterocycles. The van der Waals surface area contributed by atoms with Crippen LogP contribution in [0.2, 0.25) is 0 Å². The third-order valence-corrected chi connectivity index (χ3v) is 10.6. The summed E-state index contributed by atoms with van der Waals surface area (Å²) in [5, 5.41) is 43.3. The lowest BCUT2D eigenvalue weighted by Gasteiger charge is -2.42. The SMILES string of the molecule is CC.CC#CC.CC[C@H]1OC(=O)C(C)[C@@H](O)[C@H](C)C[C@](C)(OC)C[C@@H](C)C(=NCC(C)C)C(C)C(O)[C@]1(C)O.CO[C@]1(C)CCCC(C)[C@@H]1O. The van der Waals surface area contributed by atoms with E-state index in [0.29, 0.717) is 37.6 Å². The second-order valence-electron chi connectivity index (χ2n) is 15.5. The van der Waals surface area contributed by atoms with Gasteiger partial charge in [-0.25, -0.2) is 0 Å². The van der Waals surface area contributed by atoms with Crippen molar-refractivity contribution in [2.24, 2.45) is 40.5 Å². The number of carbonyl (C=O) groups excluding carboxylic acids is 1. The molecule has 2 fully saturated rings. The second kappa shape index (κ2) is 23.9. The fourth-order valence-corrected chi connectivity index (χ4v) is 7.10. The first-order valence-corrected chi connectivity index (χ1v) is 19.1. The van der Waals surface area contributed by atoms with Crippen LogP contribution in [0.3, 0.4) is 0 Å². The Balaban J connectivity index is 0. The molecule has 1 saturated heterocycles. The zero-order valence-corrected chi connectivity index (χ0v) is 35.1. The molecule has 0 amide bonds. The Kier molecular flexibility index (Phi) is 24.2. The van der Waals surface area contributed by atoms with E-state index in [1.807, 2.05) is 55.4 Å². The molecule has 9 nitrogen and oxygen atoms in total. The minimum atomic E-state index is -1.69. The van der Waals surface area contributed by atoms with Gasteiger partial charge in [0, 0.05) is 32.4 Å². The topological polar surface area (TPSA) is 138 Å². The van der Waals surface area contributed by atoms with E-state index in [0.717, 1.165) is 18.6 Å². The van der Waals surface area contributed by atoms with Gasteiger partial charge in [-0.15, -0.1) is 11.8 Å². The lowest BCUT2D eigenvalue weighted by atomic mass is 9.74. The first kappa shape index (κ1) is 50.6. The number of aliphatic imine (C=N–C) groups is 1. The maximum Gasteiger partial charge on any atom is 0.311 e. The minimum absolute atomic E-state index is 0.0264. The van der Waals surface area contributed by atoms with E-state index in [9.17, 15) is 25.2 Å². The number of hydrogen-bond acceptors (Lipinski definition) is 9. The Morgan fingerprint density at radius 3 is 1.86 bits per heavy atom. The highest BCUT2D eigenvalue weighted by atomic mass is 16.6. The van der Waals surface area contributed by atoms with Crippen molar-refractivity contribution in [3.8, 4) is 11.8 Å². The third-order valence-electron chi connectivity index (χ3n) is 10.6. The summed E-state index contributed by atoms with van der Waals surface area (Å²) in [5.41, 5.74) is -1.73. The van der Waals surface area contributed by atoms with Crippen LogP contribution in [0.4, 0.5) is 0 Å². The van der Waals surface area contributed by atoms with E-state index in [4.69, 9.17) is 19.2 Å². The van der Waals surface area contributed by atoms with Crippen molar-refractivity contribution in [3.05, 3.63) is 0 Å². The van der Waals surface area contributed by atoms with Crippen molar-refractivity contribution in [2.45, 2.75) is 184 Å². The fourth-order valence-electron chi connectivity index (χ4n) is 7.10. The van der Waals surface area contributed by atoms with Gasteiger partial charge in [-0.05, 0) is 97.3 Å². The standard InChI is InChI=1S/C26H49NO6.C9H18O2.C4H6.C2H6/c1-11-20-26(9,31)23(29)18(6)21(27-14-15(2)3)16(4)12-25(8,32-10)13-17(5)22(28)19(7)24(30)33-20;1-7-5-4-6-9(2,11-3)8(7)10;1-3-4-2;1-2/h15-20,22-23,28-29,31H,11-14H2,1-10H3;7-8,10H,4-6H2,1-3H3;1-2H3;1-2H3/t16-,17-,18?,19?,20-,22+,23?,25-,26-;7?,8-,9+;;/m10../s1. The largest absolute Gasteiger partial charge is 0.459 e. The molecule has 0 spiro atoms. The number of nitrogens with zero attached hydrogens (tertiary/aromatic N) is 1. The zero-order valence-electron chi connectivity index (χ0n) is 35.1. The van der Waals surface area contributed by atoms with Crippen molar-refractivity contribution in [1.29, 1.82) is 0 Å². The number of methoxy groups -OCH3 is 2. The predicted octanol–water partition coefficient (Wildman–Crippen LogP) is 7.25. The van der Waals surface area contributed by atoms with Gasteiger partial charge < -0.3 is 34.6 Å². The van der Waals surface area contributed by atoms with Crippen molar-refractivity contribution in [2.75, 3.05) is 20.8 Å². The predicted molar refractivity (Wildman–Crippen MR) is 206 cm³/mol. The average molecular weight is 714 g/mol.